The Morgan fingerprint density at radius 1 is 1.46 bits per heavy atom. The zero-order valence-corrected chi connectivity index (χ0v) is 15.0. The summed E-state index contributed by atoms with van der Waals surface area (Å²) in [5, 5.41) is 11.7. The molecule has 0 radical (unpaired) electrons. The predicted octanol–water partition coefficient (Wildman–Crippen LogP) is 1.43. The van der Waals surface area contributed by atoms with Crippen LogP contribution < -0.4 is 10.2 Å². The lowest BCUT2D eigenvalue weighted by Crippen LogP contribution is -2.46. The van der Waals surface area contributed by atoms with Crippen molar-refractivity contribution in [1.82, 2.24) is 5.32 Å². The summed E-state index contributed by atoms with van der Waals surface area (Å²) in [6.07, 6.45) is 1.55. The number of carboxylic acid groups (broad SMARTS) is 1. The second kappa shape index (κ2) is 8.62. The molecule has 1 heterocycles. The number of ether oxygens (including phenoxy) is 1. The van der Waals surface area contributed by atoms with E-state index in [2.05, 4.69) is 11.9 Å². The van der Waals surface area contributed by atoms with Crippen LogP contribution in [0.1, 0.15) is 17.5 Å². The number of carboxylic acids is 1. The third kappa shape index (κ3) is 4.49. The average Bonchev–Trinajstić information content (AvgIpc) is 2.98. The molecule has 26 heavy (non-hydrogen) atoms. The molecule has 2 unspecified atom stereocenters. The monoisotopic (exact) mass is 360 g/mol. The number of benzene rings is 1. The summed E-state index contributed by atoms with van der Waals surface area (Å²) in [4.78, 5) is 37.7. The van der Waals surface area contributed by atoms with Gasteiger partial charge >= 0.3 is 5.97 Å². The Balaban J connectivity index is 2.04. The number of aryl methyl sites for hydroxylation is 1. The van der Waals surface area contributed by atoms with Crippen LogP contribution in [0.3, 0.4) is 0 Å². The zero-order valence-electron chi connectivity index (χ0n) is 15.0. The highest BCUT2D eigenvalue weighted by Crippen LogP contribution is 2.29. The number of nitrogens with one attached hydrogen (secondary N) is 1. The Hall–Kier alpha value is -2.67. The number of anilines is 1. The first-order chi connectivity index (χ1) is 12.3. The van der Waals surface area contributed by atoms with Gasteiger partial charge in [0.15, 0.2) is 6.04 Å². The lowest BCUT2D eigenvalue weighted by atomic mass is 10.1. The lowest BCUT2D eigenvalue weighted by molar-refractivity contribution is -0.144. The van der Waals surface area contributed by atoms with Crippen molar-refractivity contribution in [1.29, 1.82) is 0 Å². The first-order valence-electron chi connectivity index (χ1n) is 8.43. The normalized spacial score (nSPS) is 17.8. The van der Waals surface area contributed by atoms with E-state index >= 15 is 0 Å². The fourth-order valence-corrected chi connectivity index (χ4v) is 2.88. The molecule has 2 atom stereocenters. The van der Waals surface area contributed by atoms with Crippen LogP contribution >= 0.6 is 0 Å². The summed E-state index contributed by atoms with van der Waals surface area (Å²) in [6.45, 7) is 7.65. The quantitative estimate of drug-likeness (QED) is 0.540. The molecule has 1 fully saturated rings. The van der Waals surface area contributed by atoms with Crippen LogP contribution in [-0.4, -0.2) is 48.7 Å². The molecular formula is C19H24N2O5. The van der Waals surface area contributed by atoms with Crippen LogP contribution in [0.2, 0.25) is 0 Å². The third-order valence-electron chi connectivity index (χ3n) is 4.50. The van der Waals surface area contributed by atoms with Gasteiger partial charge in [-0.1, -0.05) is 18.2 Å². The second-order valence-corrected chi connectivity index (χ2v) is 6.35. The third-order valence-corrected chi connectivity index (χ3v) is 4.50. The van der Waals surface area contributed by atoms with Gasteiger partial charge in [-0.2, -0.15) is 0 Å². The van der Waals surface area contributed by atoms with Crippen LogP contribution in [0.5, 0.6) is 0 Å². The molecule has 1 aliphatic heterocycles. The lowest BCUT2D eigenvalue weighted by Gasteiger charge is -2.21. The van der Waals surface area contributed by atoms with Crippen molar-refractivity contribution >= 4 is 23.5 Å². The van der Waals surface area contributed by atoms with Crippen LogP contribution in [0.25, 0.3) is 0 Å². The van der Waals surface area contributed by atoms with E-state index in [1.807, 2.05) is 32.0 Å². The fourth-order valence-electron chi connectivity index (χ4n) is 2.88. The van der Waals surface area contributed by atoms with Crippen LogP contribution in [0, 0.1) is 19.8 Å². The van der Waals surface area contributed by atoms with E-state index in [1.54, 1.807) is 4.90 Å². The topological polar surface area (TPSA) is 95.9 Å². The van der Waals surface area contributed by atoms with E-state index in [0.717, 1.165) is 16.8 Å². The van der Waals surface area contributed by atoms with Gasteiger partial charge in [0.1, 0.15) is 0 Å². The molecule has 1 saturated heterocycles. The molecule has 0 aromatic heterocycles. The second-order valence-electron chi connectivity index (χ2n) is 6.35. The molecule has 2 amide bonds. The van der Waals surface area contributed by atoms with Gasteiger partial charge in [-0.15, -0.1) is 6.58 Å². The van der Waals surface area contributed by atoms with Crippen LogP contribution in [0.15, 0.2) is 30.9 Å². The van der Waals surface area contributed by atoms with Crippen molar-refractivity contribution in [2.45, 2.75) is 26.3 Å². The maximum atomic E-state index is 12.4. The number of amides is 2. The number of carbonyl (C=O) groups excluding carboxylic acids is 2. The van der Waals surface area contributed by atoms with Crippen molar-refractivity contribution in [3.63, 3.8) is 0 Å². The first kappa shape index (κ1) is 19.7. The molecule has 0 aliphatic carbocycles. The van der Waals surface area contributed by atoms with E-state index in [0.29, 0.717) is 0 Å². The molecule has 0 bridgehead atoms. The molecule has 0 spiro atoms. The van der Waals surface area contributed by atoms with Crippen LogP contribution in [0.4, 0.5) is 5.69 Å². The number of hydrogen-bond acceptors (Lipinski definition) is 4. The minimum absolute atomic E-state index is 0.0546. The fraction of sp³-hybridized carbons (Fsp3) is 0.421. The number of carbonyl (C=O) groups is 3. The van der Waals surface area contributed by atoms with Gasteiger partial charge < -0.3 is 20.1 Å². The van der Waals surface area contributed by atoms with E-state index < -0.39 is 23.8 Å². The Morgan fingerprint density at radius 2 is 2.19 bits per heavy atom. The van der Waals surface area contributed by atoms with Gasteiger partial charge in [0, 0.05) is 18.7 Å². The largest absolute Gasteiger partial charge is 0.480 e. The van der Waals surface area contributed by atoms with Gasteiger partial charge in [0.2, 0.25) is 11.8 Å². The standard InChI is InChI=1S/C19H24N2O5/c1-4-8-26-11-15(19(24)25)20-18(23)14-9-17(22)21(10-14)16-7-5-6-12(2)13(16)3/h4-7,14-15H,1,8-11H2,2-3H3,(H,20,23)(H,24,25). The van der Waals surface area contributed by atoms with E-state index in [1.165, 1.54) is 6.08 Å². The molecule has 7 heteroatoms. The number of hydrogen-bond donors (Lipinski definition) is 2. The van der Waals surface area contributed by atoms with Crippen molar-refractivity contribution in [2.24, 2.45) is 5.92 Å². The minimum atomic E-state index is -1.18. The minimum Gasteiger partial charge on any atom is -0.480 e. The highest BCUT2D eigenvalue weighted by atomic mass is 16.5. The maximum absolute atomic E-state index is 12.4. The molecule has 2 N–H and O–H groups in total. The highest BCUT2D eigenvalue weighted by molar-refractivity contribution is 6.01. The number of aliphatic carboxylic acids is 1. The van der Waals surface area contributed by atoms with E-state index in [4.69, 9.17) is 4.74 Å². The molecule has 0 saturated carbocycles. The van der Waals surface area contributed by atoms with Gasteiger partial charge in [-0.3, -0.25) is 9.59 Å². The van der Waals surface area contributed by atoms with Gasteiger partial charge in [-0.05, 0) is 31.0 Å². The molecule has 1 aromatic carbocycles. The molecule has 1 aromatic rings. The summed E-state index contributed by atoms with van der Waals surface area (Å²) < 4.78 is 5.12. The average molecular weight is 360 g/mol. The van der Waals surface area contributed by atoms with Crippen LogP contribution in [-0.2, 0) is 19.1 Å². The molecule has 2 rings (SSSR count). The Labute approximate surface area is 152 Å². The number of rotatable bonds is 8. The summed E-state index contributed by atoms with van der Waals surface area (Å²) in [7, 11) is 0. The molecule has 140 valence electrons. The Kier molecular flexibility index (Phi) is 6.52. The SMILES string of the molecule is C=CCOCC(NC(=O)C1CC(=O)N(c2cccc(C)c2C)C1)C(=O)O. The Bertz CT molecular complexity index is 716. The summed E-state index contributed by atoms with van der Waals surface area (Å²) in [6, 6.07) is 4.52. The molecular weight excluding hydrogens is 336 g/mol. The summed E-state index contributed by atoms with van der Waals surface area (Å²) >= 11 is 0. The van der Waals surface area contributed by atoms with Gasteiger partial charge in [0.25, 0.3) is 0 Å². The van der Waals surface area contributed by atoms with E-state index in [9.17, 15) is 19.5 Å². The maximum Gasteiger partial charge on any atom is 0.328 e. The number of nitrogens with zero attached hydrogens (tertiary/aromatic N) is 1. The highest BCUT2D eigenvalue weighted by Gasteiger charge is 2.37. The smallest absolute Gasteiger partial charge is 0.328 e. The molecule has 1 aliphatic rings. The van der Waals surface area contributed by atoms with Gasteiger partial charge in [0.05, 0.1) is 19.1 Å². The van der Waals surface area contributed by atoms with Crippen molar-refractivity contribution in [3.05, 3.63) is 42.0 Å². The van der Waals surface area contributed by atoms with Gasteiger partial charge in [-0.25, -0.2) is 4.79 Å². The predicted molar refractivity (Wildman–Crippen MR) is 97.0 cm³/mol. The Morgan fingerprint density at radius 3 is 2.85 bits per heavy atom. The van der Waals surface area contributed by atoms with Crippen molar-refractivity contribution in [2.75, 3.05) is 24.7 Å². The van der Waals surface area contributed by atoms with Crippen molar-refractivity contribution in [3.8, 4) is 0 Å². The molecule has 7 nitrogen and oxygen atoms in total. The van der Waals surface area contributed by atoms with Crippen molar-refractivity contribution < 1.29 is 24.2 Å². The first-order valence-corrected chi connectivity index (χ1v) is 8.43. The summed E-state index contributed by atoms with van der Waals surface area (Å²) in [5.74, 6) is -2.38. The zero-order chi connectivity index (χ0) is 19.3. The van der Waals surface area contributed by atoms with E-state index in [-0.39, 0.29) is 32.1 Å². The summed E-state index contributed by atoms with van der Waals surface area (Å²) in [5.41, 5.74) is 2.84.